The van der Waals surface area contributed by atoms with Gasteiger partial charge in [0.15, 0.2) is 0 Å². The zero-order chi connectivity index (χ0) is 12.4. The van der Waals surface area contributed by atoms with Crippen molar-refractivity contribution in [3.63, 3.8) is 0 Å². The van der Waals surface area contributed by atoms with Crippen LogP contribution in [0.2, 0.25) is 0 Å². The number of piperazine rings is 1. The maximum absolute atomic E-state index is 10.8. The molecule has 1 saturated heterocycles. The fourth-order valence-corrected chi connectivity index (χ4v) is 1.98. The Hall–Kier alpha value is -2.11. The highest BCUT2D eigenvalue weighted by Crippen LogP contribution is 2.28. The second kappa shape index (κ2) is 4.40. The Balaban J connectivity index is 2.10. The largest absolute Gasteiger partial charge is 0.465 e. The molecule has 92 valence electrons. The molecule has 1 heterocycles. The fourth-order valence-electron chi connectivity index (χ4n) is 1.98. The summed E-state index contributed by atoms with van der Waals surface area (Å²) in [7, 11) is 0. The summed E-state index contributed by atoms with van der Waals surface area (Å²) in [5, 5.41) is 8.86. The van der Waals surface area contributed by atoms with Gasteiger partial charge in [0.1, 0.15) is 0 Å². The molecule has 0 unspecified atom stereocenters. The molecule has 0 aromatic heterocycles. The van der Waals surface area contributed by atoms with Crippen LogP contribution in [-0.2, 0) is 0 Å². The minimum atomic E-state index is -0.870. The molecule has 17 heavy (non-hydrogen) atoms. The normalized spacial score (nSPS) is 16.0. The van der Waals surface area contributed by atoms with Crippen LogP contribution in [0.25, 0.3) is 0 Å². The maximum Gasteiger partial charge on any atom is 0.407 e. The number of anilines is 3. The number of hydrogen-bond acceptors (Lipinski definition) is 4. The molecule has 6 heteroatoms. The van der Waals surface area contributed by atoms with Crippen molar-refractivity contribution in [1.82, 2.24) is 4.90 Å². The van der Waals surface area contributed by atoms with Gasteiger partial charge in [-0.05, 0) is 12.1 Å². The number of para-hydroxylation sites is 1. The fraction of sp³-hybridized carbons (Fsp3) is 0.364. The number of carbonyl (C=O) groups is 1. The smallest absolute Gasteiger partial charge is 0.407 e. The van der Waals surface area contributed by atoms with Gasteiger partial charge in [-0.1, -0.05) is 6.07 Å². The Morgan fingerprint density at radius 3 is 2.41 bits per heavy atom. The molecule has 0 spiro atoms. The van der Waals surface area contributed by atoms with Gasteiger partial charge in [-0.25, -0.2) is 4.79 Å². The molecule has 5 N–H and O–H groups in total. The number of nitrogens with two attached hydrogens (primary N) is 2. The van der Waals surface area contributed by atoms with Gasteiger partial charge in [0.25, 0.3) is 0 Å². The molecule has 0 atom stereocenters. The number of amides is 1. The van der Waals surface area contributed by atoms with E-state index in [0.29, 0.717) is 37.6 Å². The van der Waals surface area contributed by atoms with Crippen molar-refractivity contribution in [2.24, 2.45) is 0 Å². The van der Waals surface area contributed by atoms with Gasteiger partial charge in [0.2, 0.25) is 0 Å². The minimum Gasteiger partial charge on any atom is -0.465 e. The number of nitrogens with zero attached hydrogens (tertiary/aromatic N) is 2. The van der Waals surface area contributed by atoms with Crippen LogP contribution in [0, 0.1) is 0 Å². The number of carboxylic acid groups (broad SMARTS) is 1. The SMILES string of the molecule is Nc1cccc(N2CCN(C(=O)O)CC2)c1N. The van der Waals surface area contributed by atoms with Gasteiger partial charge < -0.3 is 26.4 Å². The number of nitrogen functional groups attached to an aromatic ring is 2. The van der Waals surface area contributed by atoms with E-state index in [1.807, 2.05) is 12.1 Å². The molecule has 1 aromatic carbocycles. The predicted octanol–water partition coefficient (Wildman–Crippen LogP) is 0.651. The standard InChI is InChI=1S/C11H16N4O2/c12-8-2-1-3-9(10(8)13)14-4-6-15(7-5-14)11(16)17/h1-3H,4-7,12-13H2,(H,16,17). The van der Waals surface area contributed by atoms with Gasteiger partial charge >= 0.3 is 6.09 Å². The van der Waals surface area contributed by atoms with E-state index in [-0.39, 0.29) is 0 Å². The summed E-state index contributed by atoms with van der Waals surface area (Å²) in [6.07, 6.45) is -0.870. The van der Waals surface area contributed by atoms with Crippen LogP contribution >= 0.6 is 0 Å². The zero-order valence-electron chi connectivity index (χ0n) is 9.47. The van der Waals surface area contributed by atoms with Crippen molar-refractivity contribution in [1.29, 1.82) is 0 Å². The molecule has 0 saturated carbocycles. The lowest BCUT2D eigenvalue weighted by Gasteiger charge is -2.35. The van der Waals surface area contributed by atoms with E-state index in [9.17, 15) is 4.79 Å². The van der Waals surface area contributed by atoms with E-state index in [1.165, 1.54) is 4.90 Å². The van der Waals surface area contributed by atoms with Crippen LogP contribution < -0.4 is 16.4 Å². The van der Waals surface area contributed by atoms with Crippen LogP contribution in [0.15, 0.2) is 18.2 Å². The third-order valence-corrected chi connectivity index (χ3v) is 3.01. The lowest BCUT2D eigenvalue weighted by atomic mass is 10.2. The summed E-state index contributed by atoms with van der Waals surface area (Å²) in [5.41, 5.74) is 13.7. The molecular formula is C11H16N4O2. The van der Waals surface area contributed by atoms with Crippen molar-refractivity contribution in [3.05, 3.63) is 18.2 Å². The second-order valence-corrected chi connectivity index (χ2v) is 4.04. The Labute approximate surface area is 99.4 Å². The minimum absolute atomic E-state index is 0.490. The van der Waals surface area contributed by atoms with Gasteiger partial charge in [-0.2, -0.15) is 0 Å². The molecule has 1 aromatic rings. The second-order valence-electron chi connectivity index (χ2n) is 4.04. The molecule has 1 amide bonds. The Morgan fingerprint density at radius 1 is 1.18 bits per heavy atom. The third kappa shape index (κ3) is 2.20. The van der Waals surface area contributed by atoms with Crippen molar-refractivity contribution in [2.75, 3.05) is 42.5 Å². The van der Waals surface area contributed by atoms with Gasteiger partial charge in [-0.15, -0.1) is 0 Å². The molecule has 1 fully saturated rings. The zero-order valence-corrected chi connectivity index (χ0v) is 9.47. The molecule has 2 rings (SSSR count). The van der Waals surface area contributed by atoms with E-state index in [2.05, 4.69) is 4.90 Å². The summed E-state index contributed by atoms with van der Waals surface area (Å²) in [6.45, 7) is 2.26. The van der Waals surface area contributed by atoms with Crippen LogP contribution in [-0.4, -0.2) is 42.3 Å². The molecule has 1 aliphatic rings. The third-order valence-electron chi connectivity index (χ3n) is 3.01. The number of benzene rings is 1. The Bertz CT molecular complexity index is 427. The Morgan fingerprint density at radius 2 is 1.82 bits per heavy atom. The first kappa shape index (κ1) is 11.4. The van der Waals surface area contributed by atoms with Crippen LogP contribution in [0.1, 0.15) is 0 Å². The first-order valence-electron chi connectivity index (χ1n) is 5.46. The van der Waals surface area contributed by atoms with Crippen molar-refractivity contribution >= 4 is 23.2 Å². The van der Waals surface area contributed by atoms with Crippen LogP contribution in [0.5, 0.6) is 0 Å². The molecule has 0 radical (unpaired) electrons. The monoisotopic (exact) mass is 236 g/mol. The molecule has 0 bridgehead atoms. The van der Waals surface area contributed by atoms with E-state index in [1.54, 1.807) is 6.07 Å². The van der Waals surface area contributed by atoms with Gasteiger partial charge in [0, 0.05) is 26.2 Å². The van der Waals surface area contributed by atoms with Gasteiger partial charge in [-0.3, -0.25) is 0 Å². The van der Waals surface area contributed by atoms with Crippen molar-refractivity contribution in [3.8, 4) is 0 Å². The lowest BCUT2D eigenvalue weighted by molar-refractivity contribution is 0.142. The number of rotatable bonds is 1. The van der Waals surface area contributed by atoms with Crippen LogP contribution in [0.3, 0.4) is 0 Å². The summed E-state index contributed by atoms with van der Waals surface area (Å²) >= 11 is 0. The summed E-state index contributed by atoms with van der Waals surface area (Å²) in [6, 6.07) is 5.51. The average Bonchev–Trinajstić information content (AvgIpc) is 2.33. The summed E-state index contributed by atoms with van der Waals surface area (Å²) in [4.78, 5) is 14.2. The highest BCUT2D eigenvalue weighted by atomic mass is 16.4. The van der Waals surface area contributed by atoms with Crippen molar-refractivity contribution < 1.29 is 9.90 Å². The number of hydrogen-bond donors (Lipinski definition) is 3. The van der Waals surface area contributed by atoms with E-state index < -0.39 is 6.09 Å². The predicted molar refractivity (Wildman–Crippen MR) is 67.1 cm³/mol. The van der Waals surface area contributed by atoms with Crippen LogP contribution in [0.4, 0.5) is 21.9 Å². The average molecular weight is 236 g/mol. The molecule has 6 nitrogen and oxygen atoms in total. The maximum atomic E-state index is 10.8. The van der Waals surface area contributed by atoms with E-state index in [0.717, 1.165) is 5.69 Å². The highest BCUT2D eigenvalue weighted by Gasteiger charge is 2.21. The first-order chi connectivity index (χ1) is 8.09. The van der Waals surface area contributed by atoms with Gasteiger partial charge in [0.05, 0.1) is 17.1 Å². The highest BCUT2D eigenvalue weighted by molar-refractivity contribution is 5.79. The first-order valence-corrected chi connectivity index (χ1v) is 5.46. The van der Waals surface area contributed by atoms with E-state index in [4.69, 9.17) is 16.6 Å². The topological polar surface area (TPSA) is 95.8 Å². The van der Waals surface area contributed by atoms with E-state index >= 15 is 0 Å². The molecular weight excluding hydrogens is 220 g/mol. The quantitative estimate of drug-likeness (QED) is 0.622. The molecule has 1 aliphatic heterocycles. The Kier molecular flexibility index (Phi) is 2.95. The summed E-state index contributed by atoms with van der Waals surface area (Å²) < 4.78 is 0. The molecule has 0 aliphatic carbocycles. The summed E-state index contributed by atoms with van der Waals surface area (Å²) in [5.74, 6) is 0. The van der Waals surface area contributed by atoms with Crippen molar-refractivity contribution in [2.45, 2.75) is 0 Å². The lowest BCUT2D eigenvalue weighted by Crippen LogP contribution is -2.48.